The number of amides is 2. The molecular formula is C24H25FN2O4S. The molecule has 2 heterocycles. The van der Waals surface area contributed by atoms with E-state index in [0.717, 1.165) is 16.0 Å². The van der Waals surface area contributed by atoms with Crippen LogP contribution in [0.4, 0.5) is 10.1 Å². The summed E-state index contributed by atoms with van der Waals surface area (Å²) < 4.78 is 18.6. The highest BCUT2D eigenvalue weighted by Crippen LogP contribution is 2.51. The van der Waals surface area contributed by atoms with Crippen LogP contribution in [0.2, 0.25) is 0 Å². The number of fused-ring (bicyclic) bond motifs is 1. The van der Waals surface area contributed by atoms with Crippen LogP contribution in [0, 0.1) is 24.6 Å². The van der Waals surface area contributed by atoms with Crippen molar-refractivity contribution in [1.29, 1.82) is 0 Å². The minimum atomic E-state index is -1.34. The summed E-state index contributed by atoms with van der Waals surface area (Å²) >= 11 is 1.55. The zero-order chi connectivity index (χ0) is 23.0. The number of carbonyl (C=O) groups is 3. The van der Waals surface area contributed by atoms with Gasteiger partial charge in [0.15, 0.2) is 0 Å². The van der Waals surface area contributed by atoms with E-state index in [2.05, 4.69) is 5.32 Å². The van der Waals surface area contributed by atoms with E-state index in [1.54, 1.807) is 11.8 Å². The van der Waals surface area contributed by atoms with Gasteiger partial charge in [-0.25, -0.2) is 9.29 Å². The van der Waals surface area contributed by atoms with Gasteiger partial charge in [0, 0.05) is 6.04 Å². The summed E-state index contributed by atoms with van der Waals surface area (Å²) in [5.41, 5.74) is 0.772. The zero-order valence-electron chi connectivity index (χ0n) is 18.1. The first-order valence-corrected chi connectivity index (χ1v) is 11.8. The van der Waals surface area contributed by atoms with Gasteiger partial charge in [-0.05, 0) is 60.7 Å². The number of nitrogens with zero attached hydrogens (tertiary/aromatic N) is 1. The van der Waals surface area contributed by atoms with E-state index in [1.165, 1.54) is 31.4 Å². The highest BCUT2D eigenvalue weighted by Gasteiger charge is 2.68. The van der Waals surface area contributed by atoms with Gasteiger partial charge < -0.3 is 4.74 Å². The number of imide groups is 1. The predicted octanol–water partition coefficient (Wildman–Crippen LogP) is 3.25. The normalized spacial score (nSPS) is 27.0. The molecule has 6 nitrogen and oxygen atoms in total. The average molecular weight is 457 g/mol. The van der Waals surface area contributed by atoms with E-state index in [9.17, 15) is 18.8 Å². The van der Waals surface area contributed by atoms with Crippen molar-refractivity contribution in [2.45, 2.75) is 24.9 Å². The largest absolute Gasteiger partial charge is 0.468 e. The van der Waals surface area contributed by atoms with Gasteiger partial charge in [0.2, 0.25) is 11.8 Å². The van der Waals surface area contributed by atoms with Crippen molar-refractivity contribution < 1.29 is 23.5 Å². The number of carbonyl (C=O) groups excluding carboxylic acids is 3. The SMILES string of the molecule is COC(=O)[C@]1(CCSC)N[C@H](c2ccccc2C)[C@@H]2C(=O)N(c3ccc(F)cc3)C(=O)[C@@H]21. The van der Waals surface area contributed by atoms with Crippen LogP contribution in [0.5, 0.6) is 0 Å². The number of anilines is 1. The Hall–Kier alpha value is -2.71. The quantitative estimate of drug-likeness (QED) is 0.531. The number of hydrogen-bond acceptors (Lipinski definition) is 6. The lowest BCUT2D eigenvalue weighted by Crippen LogP contribution is -2.56. The molecule has 32 heavy (non-hydrogen) atoms. The maximum Gasteiger partial charge on any atom is 0.326 e. The number of esters is 1. The van der Waals surface area contributed by atoms with Gasteiger partial charge in [-0.15, -0.1) is 0 Å². The van der Waals surface area contributed by atoms with Crippen molar-refractivity contribution >= 4 is 35.2 Å². The molecule has 2 aromatic carbocycles. The fourth-order valence-electron chi connectivity index (χ4n) is 5.01. The molecule has 4 rings (SSSR count). The molecule has 168 valence electrons. The minimum Gasteiger partial charge on any atom is -0.468 e. The Bertz CT molecular complexity index is 1060. The Morgan fingerprint density at radius 1 is 1.16 bits per heavy atom. The minimum absolute atomic E-state index is 0.294. The third-order valence-corrected chi connectivity index (χ3v) is 7.13. The van der Waals surface area contributed by atoms with E-state index in [1.807, 2.05) is 37.4 Å². The molecule has 0 aliphatic carbocycles. The summed E-state index contributed by atoms with van der Waals surface area (Å²) in [5.74, 6) is -3.00. The van der Waals surface area contributed by atoms with E-state index in [4.69, 9.17) is 4.74 Å². The third-order valence-electron chi connectivity index (χ3n) is 6.51. The number of thioether (sulfide) groups is 1. The van der Waals surface area contributed by atoms with Gasteiger partial charge in [0.1, 0.15) is 11.4 Å². The molecule has 0 unspecified atom stereocenters. The molecule has 1 N–H and O–H groups in total. The molecule has 0 saturated carbocycles. The lowest BCUT2D eigenvalue weighted by atomic mass is 9.77. The highest BCUT2D eigenvalue weighted by molar-refractivity contribution is 7.98. The number of hydrogen-bond donors (Lipinski definition) is 1. The zero-order valence-corrected chi connectivity index (χ0v) is 18.9. The first-order chi connectivity index (χ1) is 15.4. The van der Waals surface area contributed by atoms with E-state index >= 15 is 0 Å². The van der Waals surface area contributed by atoms with Crippen molar-refractivity contribution in [2.75, 3.05) is 24.0 Å². The summed E-state index contributed by atoms with van der Waals surface area (Å²) in [5, 5.41) is 3.37. The second-order valence-corrected chi connectivity index (χ2v) is 9.16. The Morgan fingerprint density at radius 3 is 2.47 bits per heavy atom. The monoisotopic (exact) mass is 456 g/mol. The summed E-state index contributed by atoms with van der Waals surface area (Å²) in [6.07, 6.45) is 2.25. The Balaban J connectivity index is 1.87. The first-order valence-electron chi connectivity index (χ1n) is 10.4. The molecule has 2 saturated heterocycles. The third kappa shape index (κ3) is 3.42. The van der Waals surface area contributed by atoms with Crippen molar-refractivity contribution in [2.24, 2.45) is 11.8 Å². The topological polar surface area (TPSA) is 75.7 Å². The molecular weight excluding hydrogens is 431 g/mol. The van der Waals surface area contributed by atoms with Crippen LogP contribution in [0.1, 0.15) is 23.6 Å². The van der Waals surface area contributed by atoms with Crippen molar-refractivity contribution in [1.82, 2.24) is 5.32 Å². The number of methoxy groups -OCH3 is 1. The maximum atomic E-state index is 13.7. The smallest absolute Gasteiger partial charge is 0.326 e. The van der Waals surface area contributed by atoms with Crippen LogP contribution in [0.3, 0.4) is 0 Å². The maximum absolute atomic E-state index is 13.7. The van der Waals surface area contributed by atoms with E-state index in [-0.39, 0.29) is 0 Å². The summed E-state index contributed by atoms with van der Waals surface area (Å²) in [7, 11) is 1.29. The number of ether oxygens (including phenoxy) is 1. The van der Waals surface area contributed by atoms with Crippen LogP contribution >= 0.6 is 11.8 Å². The van der Waals surface area contributed by atoms with Gasteiger partial charge in [0.25, 0.3) is 0 Å². The molecule has 0 radical (unpaired) electrons. The molecule has 2 amide bonds. The predicted molar refractivity (Wildman–Crippen MR) is 121 cm³/mol. The first kappa shape index (κ1) is 22.5. The number of rotatable bonds is 6. The van der Waals surface area contributed by atoms with Crippen LogP contribution < -0.4 is 10.2 Å². The lowest BCUT2D eigenvalue weighted by Gasteiger charge is -2.32. The Morgan fingerprint density at radius 2 is 1.84 bits per heavy atom. The van der Waals surface area contributed by atoms with Crippen LogP contribution in [-0.4, -0.2) is 42.4 Å². The fraction of sp³-hybridized carbons (Fsp3) is 0.375. The molecule has 0 bridgehead atoms. The summed E-state index contributed by atoms with van der Waals surface area (Å²) in [4.78, 5) is 41.6. The average Bonchev–Trinajstić information content (AvgIpc) is 3.27. The van der Waals surface area contributed by atoms with Crippen molar-refractivity contribution in [3.8, 4) is 0 Å². The molecule has 0 aromatic heterocycles. The van der Waals surface area contributed by atoms with E-state index in [0.29, 0.717) is 17.9 Å². The number of aryl methyl sites for hydroxylation is 1. The van der Waals surface area contributed by atoms with Crippen molar-refractivity contribution in [3.05, 3.63) is 65.5 Å². The highest BCUT2D eigenvalue weighted by atomic mass is 32.2. The van der Waals surface area contributed by atoms with Crippen LogP contribution in [0.25, 0.3) is 0 Å². The van der Waals surface area contributed by atoms with Gasteiger partial charge in [-0.2, -0.15) is 11.8 Å². The number of benzene rings is 2. The molecule has 0 spiro atoms. The Kier molecular flexibility index (Phi) is 6.09. The molecule has 4 atom stereocenters. The summed E-state index contributed by atoms with van der Waals surface area (Å²) in [6, 6.07) is 12.3. The fourth-order valence-corrected chi connectivity index (χ4v) is 5.54. The molecule has 2 fully saturated rings. The van der Waals surface area contributed by atoms with Gasteiger partial charge in [-0.1, -0.05) is 24.3 Å². The Labute approximate surface area is 190 Å². The lowest BCUT2D eigenvalue weighted by molar-refractivity contribution is -0.152. The molecule has 8 heteroatoms. The second kappa shape index (κ2) is 8.67. The van der Waals surface area contributed by atoms with Crippen LogP contribution in [-0.2, 0) is 19.1 Å². The standard InChI is InChI=1S/C24H25FN2O4S/c1-14-6-4-5-7-17(14)20-18-19(24(26-20,12-13-32-3)23(30)31-2)22(29)27(21(18)28)16-10-8-15(25)9-11-16/h4-11,18-20,26H,12-13H2,1-3H3/t18-,19-,20-,24-/m1/s1. The van der Waals surface area contributed by atoms with E-state index < -0.39 is 47.0 Å². The van der Waals surface area contributed by atoms with Gasteiger partial charge in [0.05, 0.1) is 24.6 Å². The van der Waals surface area contributed by atoms with Gasteiger partial charge in [-0.3, -0.25) is 19.7 Å². The van der Waals surface area contributed by atoms with Crippen LogP contribution in [0.15, 0.2) is 48.5 Å². The second-order valence-electron chi connectivity index (χ2n) is 8.18. The number of halogens is 1. The summed E-state index contributed by atoms with van der Waals surface area (Å²) in [6.45, 7) is 1.94. The number of nitrogens with one attached hydrogen (secondary N) is 1. The molecule has 2 aromatic rings. The van der Waals surface area contributed by atoms with Crippen molar-refractivity contribution in [3.63, 3.8) is 0 Å². The molecule has 2 aliphatic heterocycles. The van der Waals surface area contributed by atoms with Gasteiger partial charge >= 0.3 is 5.97 Å². The molecule has 2 aliphatic rings.